The van der Waals surface area contributed by atoms with Gasteiger partial charge in [-0.3, -0.25) is 4.98 Å². The lowest BCUT2D eigenvalue weighted by Crippen LogP contribution is -2.37. The SMILES string of the molecule is COC(C)(C)C(N)c1ccc2cccnc2c1. The Morgan fingerprint density at radius 2 is 2.06 bits per heavy atom. The average molecular weight is 230 g/mol. The van der Waals surface area contributed by atoms with Crippen molar-refractivity contribution in [1.82, 2.24) is 4.98 Å². The number of aromatic nitrogens is 1. The fourth-order valence-corrected chi connectivity index (χ4v) is 1.81. The van der Waals surface area contributed by atoms with Crippen molar-refractivity contribution in [2.24, 2.45) is 5.73 Å². The van der Waals surface area contributed by atoms with Crippen molar-refractivity contribution in [3.63, 3.8) is 0 Å². The molecule has 0 aliphatic heterocycles. The molecule has 3 nitrogen and oxygen atoms in total. The number of benzene rings is 1. The number of hydrogen-bond donors (Lipinski definition) is 1. The second kappa shape index (κ2) is 4.43. The van der Waals surface area contributed by atoms with E-state index in [1.807, 2.05) is 44.2 Å². The molecule has 0 saturated heterocycles. The van der Waals surface area contributed by atoms with Gasteiger partial charge in [0.2, 0.25) is 0 Å². The molecule has 17 heavy (non-hydrogen) atoms. The summed E-state index contributed by atoms with van der Waals surface area (Å²) in [5, 5.41) is 1.12. The highest BCUT2D eigenvalue weighted by molar-refractivity contribution is 5.79. The van der Waals surface area contributed by atoms with Gasteiger partial charge >= 0.3 is 0 Å². The molecule has 2 rings (SSSR count). The molecule has 0 aliphatic carbocycles. The Morgan fingerprint density at radius 1 is 1.29 bits per heavy atom. The summed E-state index contributed by atoms with van der Waals surface area (Å²) < 4.78 is 5.42. The zero-order valence-electron chi connectivity index (χ0n) is 10.5. The van der Waals surface area contributed by atoms with E-state index in [4.69, 9.17) is 10.5 Å². The molecule has 0 radical (unpaired) electrons. The molecule has 1 aromatic heterocycles. The standard InChI is InChI=1S/C14H18N2O/c1-14(2,17-3)13(15)11-7-6-10-5-4-8-16-12(10)9-11/h4-9,13H,15H2,1-3H3. The molecule has 0 amide bonds. The fraction of sp³-hybridized carbons (Fsp3) is 0.357. The summed E-state index contributed by atoms with van der Waals surface area (Å²) in [4.78, 5) is 4.34. The van der Waals surface area contributed by atoms with Crippen molar-refractivity contribution >= 4 is 10.9 Å². The second-order valence-corrected chi connectivity index (χ2v) is 4.74. The van der Waals surface area contributed by atoms with E-state index in [-0.39, 0.29) is 11.6 Å². The van der Waals surface area contributed by atoms with Gasteiger partial charge in [0.05, 0.1) is 17.2 Å². The van der Waals surface area contributed by atoms with Gasteiger partial charge in [0.25, 0.3) is 0 Å². The number of methoxy groups -OCH3 is 1. The Labute approximate surface area is 102 Å². The van der Waals surface area contributed by atoms with Gasteiger partial charge in [0.1, 0.15) is 0 Å². The summed E-state index contributed by atoms with van der Waals surface area (Å²) in [5.41, 5.74) is 7.84. The van der Waals surface area contributed by atoms with Crippen LogP contribution in [0.1, 0.15) is 25.5 Å². The first-order chi connectivity index (χ1) is 8.04. The first-order valence-electron chi connectivity index (χ1n) is 5.70. The van der Waals surface area contributed by atoms with E-state index < -0.39 is 0 Å². The smallest absolute Gasteiger partial charge is 0.0814 e. The van der Waals surface area contributed by atoms with Crippen LogP contribution < -0.4 is 5.73 Å². The van der Waals surface area contributed by atoms with E-state index >= 15 is 0 Å². The summed E-state index contributed by atoms with van der Waals surface area (Å²) in [6.07, 6.45) is 1.79. The molecular weight excluding hydrogens is 212 g/mol. The van der Waals surface area contributed by atoms with Gasteiger partial charge in [-0.15, -0.1) is 0 Å². The van der Waals surface area contributed by atoms with Crippen LogP contribution in [0.25, 0.3) is 10.9 Å². The Morgan fingerprint density at radius 3 is 2.76 bits per heavy atom. The number of ether oxygens (including phenoxy) is 1. The maximum absolute atomic E-state index is 6.22. The first-order valence-corrected chi connectivity index (χ1v) is 5.70. The van der Waals surface area contributed by atoms with E-state index in [9.17, 15) is 0 Å². The molecule has 0 saturated carbocycles. The van der Waals surface area contributed by atoms with Crippen LogP contribution in [0.3, 0.4) is 0 Å². The average Bonchev–Trinajstić information content (AvgIpc) is 2.37. The van der Waals surface area contributed by atoms with Crippen LogP contribution >= 0.6 is 0 Å². The third-order valence-electron chi connectivity index (χ3n) is 3.26. The monoisotopic (exact) mass is 230 g/mol. The molecule has 1 heterocycles. The van der Waals surface area contributed by atoms with E-state index in [0.29, 0.717) is 0 Å². The van der Waals surface area contributed by atoms with Gasteiger partial charge in [-0.25, -0.2) is 0 Å². The summed E-state index contributed by atoms with van der Waals surface area (Å²) >= 11 is 0. The third-order valence-corrected chi connectivity index (χ3v) is 3.26. The molecule has 0 aliphatic rings. The van der Waals surface area contributed by atoms with Crippen LogP contribution in [0, 0.1) is 0 Å². The summed E-state index contributed by atoms with van der Waals surface area (Å²) in [5.74, 6) is 0. The van der Waals surface area contributed by atoms with Crippen LogP contribution in [-0.2, 0) is 4.74 Å². The lowest BCUT2D eigenvalue weighted by molar-refractivity contribution is -0.000000192. The fourth-order valence-electron chi connectivity index (χ4n) is 1.81. The van der Waals surface area contributed by atoms with Crippen LogP contribution in [0.15, 0.2) is 36.5 Å². The number of nitrogens with two attached hydrogens (primary N) is 1. The minimum atomic E-state index is -0.386. The minimum absolute atomic E-state index is 0.168. The number of fused-ring (bicyclic) bond motifs is 1. The lowest BCUT2D eigenvalue weighted by Gasteiger charge is -2.30. The predicted octanol–water partition coefficient (Wildman–Crippen LogP) is 2.66. The Bertz CT molecular complexity index is 522. The molecule has 0 bridgehead atoms. The lowest BCUT2D eigenvalue weighted by atomic mass is 9.92. The molecule has 1 unspecified atom stereocenters. The topological polar surface area (TPSA) is 48.1 Å². The van der Waals surface area contributed by atoms with Crippen LogP contribution in [0.5, 0.6) is 0 Å². The van der Waals surface area contributed by atoms with Crippen LogP contribution in [0.4, 0.5) is 0 Å². The summed E-state index contributed by atoms with van der Waals surface area (Å²) in [7, 11) is 1.68. The number of hydrogen-bond acceptors (Lipinski definition) is 3. The molecule has 0 fully saturated rings. The largest absolute Gasteiger partial charge is 0.377 e. The van der Waals surface area contributed by atoms with Crippen molar-refractivity contribution in [3.8, 4) is 0 Å². The Balaban J connectivity index is 2.43. The third kappa shape index (κ3) is 2.30. The van der Waals surface area contributed by atoms with E-state index in [1.165, 1.54) is 0 Å². The van der Waals surface area contributed by atoms with Gasteiger partial charge in [-0.2, -0.15) is 0 Å². The molecule has 2 aromatic rings. The normalized spacial score (nSPS) is 13.9. The Hall–Kier alpha value is -1.45. The number of pyridine rings is 1. The molecular formula is C14H18N2O. The predicted molar refractivity (Wildman–Crippen MR) is 69.8 cm³/mol. The van der Waals surface area contributed by atoms with Gasteiger partial charge < -0.3 is 10.5 Å². The molecule has 2 N–H and O–H groups in total. The molecule has 90 valence electrons. The highest BCUT2D eigenvalue weighted by Gasteiger charge is 2.27. The summed E-state index contributed by atoms with van der Waals surface area (Å²) in [6, 6.07) is 9.92. The van der Waals surface area contributed by atoms with E-state index in [2.05, 4.69) is 4.98 Å². The van der Waals surface area contributed by atoms with Crippen LogP contribution in [-0.4, -0.2) is 17.7 Å². The van der Waals surface area contributed by atoms with Gasteiger partial charge in [-0.05, 0) is 31.5 Å². The first kappa shape index (κ1) is 12.0. The van der Waals surface area contributed by atoms with Crippen LogP contribution in [0.2, 0.25) is 0 Å². The second-order valence-electron chi connectivity index (χ2n) is 4.74. The highest BCUT2D eigenvalue weighted by Crippen LogP contribution is 2.27. The van der Waals surface area contributed by atoms with E-state index in [0.717, 1.165) is 16.5 Å². The van der Waals surface area contributed by atoms with Crippen molar-refractivity contribution in [1.29, 1.82) is 0 Å². The van der Waals surface area contributed by atoms with Crippen molar-refractivity contribution in [2.45, 2.75) is 25.5 Å². The van der Waals surface area contributed by atoms with E-state index in [1.54, 1.807) is 13.3 Å². The van der Waals surface area contributed by atoms with Gasteiger partial charge in [0.15, 0.2) is 0 Å². The molecule has 1 atom stereocenters. The maximum Gasteiger partial charge on any atom is 0.0814 e. The number of rotatable bonds is 3. The van der Waals surface area contributed by atoms with Gasteiger partial charge in [-0.1, -0.05) is 18.2 Å². The zero-order valence-corrected chi connectivity index (χ0v) is 10.5. The maximum atomic E-state index is 6.22. The quantitative estimate of drug-likeness (QED) is 0.881. The van der Waals surface area contributed by atoms with Gasteiger partial charge in [0, 0.05) is 18.7 Å². The summed E-state index contributed by atoms with van der Waals surface area (Å²) in [6.45, 7) is 3.97. The van der Waals surface area contributed by atoms with Crippen molar-refractivity contribution in [3.05, 3.63) is 42.1 Å². The molecule has 0 spiro atoms. The molecule has 3 heteroatoms. The zero-order chi connectivity index (χ0) is 12.5. The van der Waals surface area contributed by atoms with Crippen molar-refractivity contribution < 1.29 is 4.74 Å². The Kier molecular flexibility index (Phi) is 3.13. The van der Waals surface area contributed by atoms with Crippen molar-refractivity contribution in [2.75, 3.05) is 7.11 Å². The number of nitrogens with zero attached hydrogens (tertiary/aromatic N) is 1. The minimum Gasteiger partial charge on any atom is -0.377 e. The highest BCUT2D eigenvalue weighted by atomic mass is 16.5. The molecule has 1 aromatic carbocycles.